The quantitative estimate of drug-likeness (QED) is 0.810. The lowest BCUT2D eigenvalue weighted by molar-refractivity contribution is -0.140. The van der Waals surface area contributed by atoms with Gasteiger partial charge >= 0.3 is 5.97 Å². The smallest absolute Gasteiger partial charge is 0.307 e. The van der Waals surface area contributed by atoms with Crippen molar-refractivity contribution in [2.45, 2.75) is 32.1 Å². The fraction of sp³-hybridized carbons (Fsp3) is 0.857. The monoisotopic (exact) mass is 267 g/mol. The van der Waals surface area contributed by atoms with Gasteiger partial charge in [0.05, 0.1) is 12.5 Å². The molecular weight excluding hydrogens is 246 g/mol. The normalized spacial score (nSPS) is 28.4. The molecule has 106 valence electrons. The zero-order valence-corrected chi connectivity index (χ0v) is 11.1. The van der Waals surface area contributed by atoms with Gasteiger partial charge in [0.2, 0.25) is 5.91 Å². The van der Waals surface area contributed by atoms with Crippen LogP contribution in [0.2, 0.25) is 0 Å². The van der Waals surface area contributed by atoms with Crippen molar-refractivity contribution in [3.63, 3.8) is 0 Å². The van der Waals surface area contributed by atoms with Crippen LogP contribution in [0.5, 0.6) is 0 Å². The standard InChI is InChI=1S/C14H21NO4/c16-12(9-19-8-10-1-2-10)15-5-3-14(4-6-15)7-11(14)13(17)18/h10-11H,1-9H2,(H,17,18). The highest BCUT2D eigenvalue weighted by molar-refractivity contribution is 5.78. The molecule has 3 aliphatic rings. The molecule has 3 fully saturated rings. The number of carboxylic acid groups (broad SMARTS) is 1. The molecule has 1 amide bonds. The van der Waals surface area contributed by atoms with E-state index >= 15 is 0 Å². The minimum atomic E-state index is -0.674. The summed E-state index contributed by atoms with van der Waals surface area (Å²) >= 11 is 0. The third-order valence-corrected chi connectivity index (χ3v) is 4.88. The molecule has 0 bridgehead atoms. The molecule has 1 atom stereocenters. The number of amides is 1. The summed E-state index contributed by atoms with van der Waals surface area (Å²) in [5.74, 6) is -0.105. The number of likely N-dealkylation sites (tertiary alicyclic amines) is 1. The predicted molar refractivity (Wildman–Crippen MR) is 67.5 cm³/mol. The first-order valence-electron chi connectivity index (χ1n) is 7.19. The molecule has 5 heteroatoms. The number of carbonyl (C=O) groups excluding carboxylic acids is 1. The summed E-state index contributed by atoms with van der Waals surface area (Å²) in [6, 6.07) is 0. The van der Waals surface area contributed by atoms with Gasteiger partial charge in [0, 0.05) is 13.1 Å². The Kier molecular flexibility index (Phi) is 3.25. The van der Waals surface area contributed by atoms with Gasteiger partial charge in [-0.15, -0.1) is 0 Å². The summed E-state index contributed by atoms with van der Waals surface area (Å²) in [5, 5.41) is 9.02. The molecule has 0 aromatic heterocycles. The van der Waals surface area contributed by atoms with Gasteiger partial charge in [-0.05, 0) is 43.4 Å². The second-order valence-electron chi connectivity index (χ2n) is 6.30. The summed E-state index contributed by atoms with van der Waals surface area (Å²) in [6.45, 7) is 2.28. The first-order valence-corrected chi connectivity index (χ1v) is 7.19. The third-order valence-electron chi connectivity index (χ3n) is 4.88. The van der Waals surface area contributed by atoms with Crippen molar-refractivity contribution >= 4 is 11.9 Å². The lowest BCUT2D eigenvalue weighted by Crippen LogP contribution is -2.41. The Balaban J connectivity index is 1.40. The van der Waals surface area contributed by atoms with Crippen LogP contribution < -0.4 is 0 Å². The van der Waals surface area contributed by atoms with Gasteiger partial charge in [-0.1, -0.05) is 0 Å². The van der Waals surface area contributed by atoms with Crippen LogP contribution in [0.4, 0.5) is 0 Å². The van der Waals surface area contributed by atoms with Gasteiger partial charge in [-0.2, -0.15) is 0 Å². The van der Waals surface area contributed by atoms with E-state index in [1.165, 1.54) is 12.8 Å². The van der Waals surface area contributed by atoms with Crippen LogP contribution in [-0.2, 0) is 14.3 Å². The minimum absolute atomic E-state index is 0.00250. The molecule has 0 aromatic rings. The first kappa shape index (κ1) is 12.9. The van der Waals surface area contributed by atoms with E-state index in [9.17, 15) is 9.59 Å². The maximum Gasteiger partial charge on any atom is 0.307 e. The number of hydrogen-bond donors (Lipinski definition) is 1. The lowest BCUT2D eigenvalue weighted by Gasteiger charge is -2.32. The SMILES string of the molecule is O=C(O)C1CC12CCN(C(=O)COCC1CC1)CC2. The molecule has 1 unspecified atom stereocenters. The molecule has 0 aromatic carbocycles. The fourth-order valence-electron chi connectivity index (χ4n) is 3.14. The number of carbonyl (C=O) groups is 2. The van der Waals surface area contributed by atoms with Gasteiger partial charge in [0.15, 0.2) is 0 Å². The van der Waals surface area contributed by atoms with E-state index in [-0.39, 0.29) is 23.8 Å². The topological polar surface area (TPSA) is 66.8 Å². The van der Waals surface area contributed by atoms with Crippen molar-refractivity contribution in [2.24, 2.45) is 17.3 Å². The second-order valence-corrected chi connectivity index (χ2v) is 6.30. The number of nitrogens with zero attached hydrogens (tertiary/aromatic N) is 1. The summed E-state index contributed by atoms with van der Waals surface area (Å²) in [6.07, 6.45) is 4.92. The Morgan fingerprint density at radius 2 is 1.95 bits per heavy atom. The summed E-state index contributed by atoms with van der Waals surface area (Å²) in [5.41, 5.74) is -0.00250. The lowest BCUT2D eigenvalue weighted by atomic mass is 9.91. The Bertz CT molecular complexity index is 383. The van der Waals surface area contributed by atoms with E-state index in [1.807, 2.05) is 4.90 Å². The van der Waals surface area contributed by atoms with Crippen LogP contribution in [0.25, 0.3) is 0 Å². The molecule has 1 spiro atoms. The highest BCUT2D eigenvalue weighted by atomic mass is 16.5. The van der Waals surface area contributed by atoms with Crippen LogP contribution in [0, 0.1) is 17.3 Å². The molecule has 1 heterocycles. The molecule has 1 aliphatic heterocycles. The van der Waals surface area contributed by atoms with Gasteiger partial charge < -0.3 is 14.7 Å². The van der Waals surface area contributed by atoms with Crippen LogP contribution >= 0.6 is 0 Å². The van der Waals surface area contributed by atoms with Gasteiger partial charge in [-0.25, -0.2) is 0 Å². The first-order chi connectivity index (χ1) is 9.11. The minimum Gasteiger partial charge on any atom is -0.481 e. The van der Waals surface area contributed by atoms with Crippen LogP contribution in [0.1, 0.15) is 32.1 Å². The molecule has 2 aliphatic carbocycles. The number of rotatable bonds is 5. The van der Waals surface area contributed by atoms with Crippen molar-refractivity contribution < 1.29 is 19.4 Å². The van der Waals surface area contributed by atoms with Gasteiger partial charge in [0.1, 0.15) is 6.61 Å². The maximum atomic E-state index is 11.9. The maximum absolute atomic E-state index is 11.9. The second kappa shape index (κ2) is 4.78. The van der Waals surface area contributed by atoms with E-state index in [4.69, 9.17) is 9.84 Å². The van der Waals surface area contributed by atoms with Gasteiger partial charge in [0.25, 0.3) is 0 Å². The molecule has 1 N–H and O–H groups in total. The third kappa shape index (κ3) is 2.76. The number of carboxylic acids is 1. The summed E-state index contributed by atoms with van der Waals surface area (Å²) < 4.78 is 5.41. The Labute approximate surface area is 112 Å². The molecule has 5 nitrogen and oxygen atoms in total. The summed E-state index contributed by atoms with van der Waals surface area (Å²) in [4.78, 5) is 24.7. The van der Waals surface area contributed by atoms with E-state index in [0.717, 1.165) is 19.3 Å². The largest absolute Gasteiger partial charge is 0.481 e. The average molecular weight is 267 g/mol. The fourth-order valence-corrected chi connectivity index (χ4v) is 3.14. The predicted octanol–water partition coefficient (Wildman–Crippen LogP) is 1.13. The van der Waals surface area contributed by atoms with Crippen molar-refractivity contribution in [3.8, 4) is 0 Å². The molecule has 3 rings (SSSR count). The number of aliphatic carboxylic acids is 1. The molecule has 19 heavy (non-hydrogen) atoms. The van der Waals surface area contributed by atoms with Crippen LogP contribution in [0.3, 0.4) is 0 Å². The Hall–Kier alpha value is -1.10. The van der Waals surface area contributed by atoms with Crippen molar-refractivity contribution in [1.29, 1.82) is 0 Å². The zero-order valence-electron chi connectivity index (χ0n) is 11.1. The van der Waals surface area contributed by atoms with E-state index in [1.54, 1.807) is 0 Å². The highest BCUT2D eigenvalue weighted by Crippen LogP contribution is 2.59. The molecule has 0 radical (unpaired) electrons. The van der Waals surface area contributed by atoms with Gasteiger partial charge in [-0.3, -0.25) is 9.59 Å². The van der Waals surface area contributed by atoms with Crippen LogP contribution in [0.15, 0.2) is 0 Å². The van der Waals surface area contributed by atoms with E-state index in [2.05, 4.69) is 0 Å². The Morgan fingerprint density at radius 1 is 1.26 bits per heavy atom. The number of ether oxygens (including phenoxy) is 1. The van der Waals surface area contributed by atoms with Crippen LogP contribution in [-0.4, -0.2) is 48.2 Å². The molecular formula is C14H21NO4. The molecule has 1 saturated heterocycles. The zero-order chi connectivity index (χ0) is 13.5. The number of hydrogen-bond acceptors (Lipinski definition) is 3. The summed E-state index contributed by atoms with van der Waals surface area (Å²) in [7, 11) is 0. The highest BCUT2D eigenvalue weighted by Gasteiger charge is 2.59. The average Bonchev–Trinajstić information content (AvgIpc) is 3.27. The number of piperidine rings is 1. The Morgan fingerprint density at radius 3 is 2.47 bits per heavy atom. The van der Waals surface area contributed by atoms with Crippen molar-refractivity contribution in [3.05, 3.63) is 0 Å². The van der Waals surface area contributed by atoms with Crippen molar-refractivity contribution in [1.82, 2.24) is 4.90 Å². The van der Waals surface area contributed by atoms with Crippen molar-refractivity contribution in [2.75, 3.05) is 26.3 Å². The molecule has 2 saturated carbocycles. The van der Waals surface area contributed by atoms with E-state index in [0.29, 0.717) is 25.6 Å². The van der Waals surface area contributed by atoms with E-state index < -0.39 is 5.97 Å².